The van der Waals surface area contributed by atoms with Crippen LogP contribution >= 0.6 is 0 Å². The highest BCUT2D eigenvalue weighted by molar-refractivity contribution is 5.79. The first kappa shape index (κ1) is 17.3. The molecule has 0 bridgehead atoms. The number of amides is 1. The van der Waals surface area contributed by atoms with E-state index in [2.05, 4.69) is 24.3 Å². The summed E-state index contributed by atoms with van der Waals surface area (Å²) in [5, 5.41) is 6.93. The Balaban J connectivity index is 1.56. The lowest BCUT2D eigenvalue weighted by Gasteiger charge is -2.25. The van der Waals surface area contributed by atoms with Crippen LogP contribution in [0.2, 0.25) is 0 Å². The first-order valence-corrected chi connectivity index (χ1v) is 8.57. The second-order valence-corrected chi connectivity index (χ2v) is 6.76. The minimum atomic E-state index is -0.221. The smallest absolute Gasteiger partial charge is 0.227 e. The van der Waals surface area contributed by atoms with Crippen LogP contribution in [0.25, 0.3) is 0 Å². The molecular formula is C19H24N2O4. The summed E-state index contributed by atoms with van der Waals surface area (Å²) >= 11 is 0. The molecule has 3 rings (SSSR count). The maximum Gasteiger partial charge on any atom is 0.227 e. The minimum Gasteiger partial charge on any atom is -0.493 e. The van der Waals surface area contributed by atoms with Crippen LogP contribution in [0.5, 0.6) is 11.5 Å². The van der Waals surface area contributed by atoms with E-state index in [-0.39, 0.29) is 11.8 Å². The van der Waals surface area contributed by atoms with Gasteiger partial charge >= 0.3 is 0 Å². The number of fused-ring (bicyclic) bond motifs is 1. The number of ether oxygens (including phenoxy) is 2. The van der Waals surface area contributed by atoms with E-state index >= 15 is 0 Å². The van der Waals surface area contributed by atoms with Crippen LogP contribution in [0.3, 0.4) is 0 Å². The molecule has 1 aliphatic rings. The summed E-state index contributed by atoms with van der Waals surface area (Å²) in [5.74, 6) is 2.54. The number of aromatic nitrogens is 1. The van der Waals surface area contributed by atoms with Crippen LogP contribution < -0.4 is 14.8 Å². The largest absolute Gasteiger partial charge is 0.493 e. The predicted molar refractivity (Wildman–Crippen MR) is 92.6 cm³/mol. The van der Waals surface area contributed by atoms with Gasteiger partial charge in [-0.2, -0.15) is 0 Å². The van der Waals surface area contributed by atoms with E-state index in [1.165, 1.54) is 0 Å². The van der Waals surface area contributed by atoms with Crippen molar-refractivity contribution in [1.82, 2.24) is 10.5 Å². The average molecular weight is 344 g/mol. The van der Waals surface area contributed by atoms with Gasteiger partial charge in [0.15, 0.2) is 11.5 Å². The lowest BCUT2D eigenvalue weighted by Crippen LogP contribution is -2.37. The summed E-state index contributed by atoms with van der Waals surface area (Å²) in [6.45, 7) is 4.96. The van der Waals surface area contributed by atoms with Crippen molar-refractivity contribution in [2.24, 2.45) is 11.8 Å². The molecule has 1 aromatic carbocycles. The van der Waals surface area contributed by atoms with E-state index in [0.29, 0.717) is 31.2 Å². The molecule has 1 amide bonds. The first-order valence-electron chi connectivity index (χ1n) is 8.57. The number of methoxy groups -OCH3 is 1. The zero-order valence-electron chi connectivity index (χ0n) is 14.9. The number of para-hydroxylation sites is 1. The molecule has 1 N–H and O–H groups in total. The van der Waals surface area contributed by atoms with Crippen molar-refractivity contribution in [1.29, 1.82) is 0 Å². The Bertz CT molecular complexity index is 739. The third-order valence-corrected chi connectivity index (χ3v) is 4.21. The minimum absolute atomic E-state index is 0.0399. The van der Waals surface area contributed by atoms with Crippen LogP contribution in [0, 0.1) is 11.8 Å². The van der Waals surface area contributed by atoms with Crippen LogP contribution in [0.4, 0.5) is 0 Å². The van der Waals surface area contributed by atoms with Crippen molar-refractivity contribution in [3.63, 3.8) is 0 Å². The van der Waals surface area contributed by atoms with Gasteiger partial charge in [-0.05, 0) is 24.0 Å². The molecule has 6 heteroatoms. The molecule has 1 aromatic heterocycles. The number of nitrogens with zero attached hydrogens (tertiary/aromatic N) is 1. The fourth-order valence-electron chi connectivity index (χ4n) is 2.98. The summed E-state index contributed by atoms with van der Waals surface area (Å²) in [5.41, 5.74) is 1.73. The van der Waals surface area contributed by atoms with Gasteiger partial charge in [0.25, 0.3) is 0 Å². The van der Waals surface area contributed by atoms with Gasteiger partial charge in [0.1, 0.15) is 18.1 Å². The van der Waals surface area contributed by atoms with E-state index < -0.39 is 0 Å². The van der Waals surface area contributed by atoms with E-state index in [9.17, 15) is 4.79 Å². The fourth-order valence-corrected chi connectivity index (χ4v) is 2.98. The number of nitrogens with one attached hydrogen (secondary N) is 1. The molecule has 2 heterocycles. The van der Waals surface area contributed by atoms with Gasteiger partial charge in [-0.3, -0.25) is 4.79 Å². The molecule has 0 spiro atoms. The summed E-state index contributed by atoms with van der Waals surface area (Å²) in [7, 11) is 1.61. The molecular weight excluding hydrogens is 320 g/mol. The molecule has 1 atom stereocenters. The molecule has 0 aliphatic carbocycles. The van der Waals surface area contributed by atoms with Gasteiger partial charge in [-0.15, -0.1) is 0 Å². The van der Waals surface area contributed by atoms with Crippen LogP contribution in [-0.4, -0.2) is 24.8 Å². The highest BCUT2D eigenvalue weighted by atomic mass is 16.5. The first-order chi connectivity index (χ1) is 12.1. The van der Waals surface area contributed by atoms with Crippen LogP contribution in [-0.2, 0) is 24.2 Å². The van der Waals surface area contributed by atoms with Crippen LogP contribution in [0.1, 0.15) is 30.9 Å². The van der Waals surface area contributed by atoms with Gasteiger partial charge in [0, 0.05) is 12.5 Å². The second kappa shape index (κ2) is 7.59. The standard InChI is InChI=1S/C19H24N2O4/c1-12(2)7-16-9-15(21-25-16)10-20-19(22)14-8-13-5-4-6-17(23-3)18(13)24-11-14/h4-6,9,12,14H,7-8,10-11H2,1-3H3,(H,20,22)/t14-/m0/s1. The number of benzene rings is 1. The molecule has 0 fully saturated rings. The molecule has 1 aliphatic heterocycles. The monoisotopic (exact) mass is 344 g/mol. The van der Waals surface area contributed by atoms with Gasteiger partial charge in [-0.1, -0.05) is 31.1 Å². The van der Waals surface area contributed by atoms with E-state index in [0.717, 1.165) is 29.2 Å². The summed E-state index contributed by atoms with van der Waals surface area (Å²) < 4.78 is 16.3. The van der Waals surface area contributed by atoms with Gasteiger partial charge in [0.2, 0.25) is 5.91 Å². The van der Waals surface area contributed by atoms with Gasteiger partial charge in [0.05, 0.1) is 19.6 Å². The maximum atomic E-state index is 12.4. The molecule has 0 saturated carbocycles. The SMILES string of the molecule is COc1cccc2c1OC[C@@H](C(=O)NCc1cc(CC(C)C)on1)C2. The van der Waals surface area contributed by atoms with Crippen molar-refractivity contribution in [3.8, 4) is 11.5 Å². The van der Waals surface area contributed by atoms with E-state index in [1.54, 1.807) is 7.11 Å². The van der Waals surface area contributed by atoms with Crippen molar-refractivity contribution < 1.29 is 18.8 Å². The Morgan fingerprint density at radius 1 is 1.44 bits per heavy atom. The van der Waals surface area contributed by atoms with Crippen molar-refractivity contribution in [2.45, 2.75) is 33.2 Å². The average Bonchev–Trinajstić information content (AvgIpc) is 3.05. The number of rotatable bonds is 6. The lowest BCUT2D eigenvalue weighted by molar-refractivity contribution is -0.126. The summed E-state index contributed by atoms with van der Waals surface area (Å²) in [6, 6.07) is 7.64. The Hall–Kier alpha value is -2.50. The third kappa shape index (κ3) is 4.13. The molecule has 2 aromatic rings. The van der Waals surface area contributed by atoms with Crippen LogP contribution in [0.15, 0.2) is 28.8 Å². The highest BCUT2D eigenvalue weighted by Gasteiger charge is 2.27. The summed E-state index contributed by atoms with van der Waals surface area (Å²) in [6.07, 6.45) is 1.48. The Morgan fingerprint density at radius 2 is 2.28 bits per heavy atom. The molecule has 6 nitrogen and oxygen atoms in total. The lowest BCUT2D eigenvalue weighted by atomic mass is 9.95. The normalized spacial score (nSPS) is 16.2. The summed E-state index contributed by atoms with van der Waals surface area (Å²) in [4.78, 5) is 12.4. The topological polar surface area (TPSA) is 73.6 Å². The molecule has 0 saturated heterocycles. The Kier molecular flexibility index (Phi) is 5.26. The maximum absolute atomic E-state index is 12.4. The zero-order chi connectivity index (χ0) is 17.8. The second-order valence-electron chi connectivity index (χ2n) is 6.76. The number of carbonyl (C=O) groups is 1. The molecule has 25 heavy (non-hydrogen) atoms. The highest BCUT2D eigenvalue weighted by Crippen LogP contribution is 2.36. The molecule has 0 unspecified atom stereocenters. The molecule has 0 radical (unpaired) electrons. The predicted octanol–water partition coefficient (Wildman–Crippen LogP) is 2.75. The molecule has 134 valence electrons. The van der Waals surface area contributed by atoms with Gasteiger partial charge in [-0.25, -0.2) is 0 Å². The van der Waals surface area contributed by atoms with Crippen molar-refractivity contribution in [3.05, 3.63) is 41.3 Å². The zero-order valence-corrected chi connectivity index (χ0v) is 14.9. The van der Waals surface area contributed by atoms with Crippen molar-refractivity contribution in [2.75, 3.05) is 13.7 Å². The number of hydrogen-bond donors (Lipinski definition) is 1. The van der Waals surface area contributed by atoms with Crippen molar-refractivity contribution >= 4 is 5.91 Å². The Morgan fingerprint density at radius 3 is 3.04 bits per heavy atom. The third-order valence-electron chi connectivity index (χ3n) is 4.21. The number of hydrogen-bond acceptors (Lipinski definition) is 5. The Labute approximate surface area is 147 Å². The number of carbonyl (C=O) groups excluding carboxylic acids is 1. The fraction of sp³-hybridized carbons (Fsp3) is 0.474. The quantitative estimate of drug-likeness (QED) is 0.872. The van der Waals surface area contributed by atoms with E-state index in [1.807, 2.05) is 24.3 Å². The van der Waals surface area contributed by atoms with Gasteiger partial charge < -0.3 is 19.3 Å². The van der Waals surface area contributed by atoms with E-state index in [4.69, 9.17) is 14.0 Å².